The maximum absolute atomic E-state index is 2.38. The van der Waals surface area contributed by atoms with Gasteiger partial charge >= 0.3 is 0 Å². The summed E-state index contributed by atoms with van der Waals surface area (Å²) in [6.07, 6.45) is 0. The summed E-state index contributed by atoms with van der Waals surface area (Å²) in [7, 11) is 0. The van der Waals surface area contributed by atoms with Gasteiger partial charge in [-0.2, -0.15) is 0 Å². The van der Waals surface area contributed by atoms with Crippen molar-refractivity contribution in [2.75, 3.05) is 4.90 Å². The Morgan fingerprint density at radius 3 is 1.39 bits per heavy atom. The van der Waals surface area contributed by atoms with Gasteiger partial charge in [0.1, 0.15) is 0 Å². The van der Waals surface area contributed by atoms with Crippen LogP contribution in [-0.4, -0.2) is 4.57 Å². The molecule has 0 spiro atoms. The van der Waals surface area contributed by atoms with Gasteiger partial charge in [0.15, 0.2) is 0 Å². The zero-order valence-electron chi connectivity index (χ0n) is 30.8. The van der Waals surface area contributed by atoms with Gasteiger partial charge in [-0.25, -0.2) is 0 Å². The molecule has 0 aliphatic heterocycles. The number of hydrogen-bond donors (Lipinski definition) is 0. The molecule has 10 rings (SSSR count). The van der Waals surface area contributed by atoms with Crippen molar-refractivity contribution in [3.63, 3.8) is 0 Å². The molecule has 0 atom stereocenters. The highest BCUT2D eigenvalue weighted by molar-refractivity contribution is 6.15. The van der Waals surface area contributed by atoms with Crippen LogP contribution in [0.4, 0.5) is 17.1 Å². The topological polar surface area (TPSA) is 8.17 Å². The number of aromatic nitrogens is 1. The lowest BCUT2D eigenvalue weighted by Gasteiger charge is -2.26. The molecule has 0 N–H and O–H groups in total. The van der Waals surface area contributed by atoms with Crippen LogP contribution in [0.1, 0.15) is 0 Å². The monoisotopic (exact) mass is 714 g/mol. The van der Waals surface area contributed by atoms with Gasteiger partial charge in [0.05, 0.1) is 11.0 Å². The summed E-state index contributed by atoms with van der Waals surface area (Å²) in [6, 6.07) is 83.0. The van der Waals surface area contributed by atoms with Crippen LogP contribution in [0.5, 0.6) is 0 Å². The van der Waals surface area contributed by atoms with Crippen LogP contribution in [0, 0.1) is 0 Å². The molecule has 0 aliphatic rings. The Morgan fingerprint density at radius 1 is 0.286 bits per heavy atom. The summed E-state index contributed by atoms with van der Waals surface area (Å²) in [5.74, 6) is 0. The van der Waals surface area contributed by atoms with Crippen LogP contribution >= 0.6 is 0 Å². The van der Waals surface area contributed by atoms with E-state index in [0.717, 1.165) is 28.3 Å². The van der Waals surface area contributed by atoms with Crippen molar-refractivity contribution in [3.05, 3.63) is 231 Å². The molecule has 0 unspecified atom stereocenters. The van der Waals surface area contributed by atoms with E-state index in [2.05, 4.69) is 240 Å². The number of nitrogens with zero attached hydrogens (tertiary/aromatic N) is 2. The van der Waals surface area contributed by atoms with Gasteiger partial charge in [-0.05, 0) is 111 Å². The van der Waals surface area contributed by atoms with Crippen molar-refractivity contribution in [2.45, 2.75) is 0 Å². The highest BCUT2D eigenvalue weighted by Gasteiger charge is 2.18. The number of benzene rings is 9. The zero-order valence-corrected chi connectivity index (χ0v) is 30.8. The molecule has 0 bridgehead atoms. The number of hydrogen-bond acceptors (Lipinski definition) is 1. The van der Waals surface area contributed by atoms with E-state index in [1.54, 1.807) is 0 Å². The smallest absolute Gasteiger partial charge is 0.0547 e. The summed E-state index contributed by atoms with van der Waals surface area (Å²) >= 11 is 0. The lowest BCUT2D eigenvalue weighted by Crippen LogP contribution is -2.10. The molecular weight excluding hydrogens is 677 g/mol. The Kier molecular flexibility index (Phi) is 8.55. The van der Waals surface area contributed by atoms with Crippen molar-refractivity contribution in [2.24, 2.45) is 0 Å². The SMILES string of the molecule is c1ccc(-c2ccc(N(c3ccc(-c4ccccc4)cc3)c3cccc(-c4cccc(-c5cccc6c5c5ccccc5n6-c5ccccc5)c4)c3)cc2)cc1. The maximum Gasteiger partial charge on any atom is 0.0547 e. The first-order valence-electron chi connectivity index (χ1n) is 19.2. The number of para-hydroxylation sites is 2. The van der Waals surface area contributed by atoms with E-state index in [1.807, 2.05) is 0 Å². The molecule has 2 nitrogen and oxygen atoms in total. The van der Waals surface area contributed by atoms with Crippen LogP contribution < -0.4 is 4.90 Å². The van der Waals surface area contributed by atoms with Gasteiger partial charge in [0.25, 0.3) is 0 Å². The summed E-state index contributed by atoms with van der Waals surface area (Å²) in [5.41, 5.74) is 16.4. The van der Waals surface area contributed by atoms with Gasteiger partial charge in [0.2, 0.25) is 0 Å². The first-order chi connectivity index (χ1) is 27.8. The average Bonchev–Trinajstić information content (AvgIpc) is 3.63. The maximum atomic E-state index is 2.38. The Hall–Kier alpha value is -7.42. The van der Waals surface area contributed by atoms with Crippen molar-refractivity contribution in [1.29, 1.82) is 0 Å². The van der Waals surface area contributed by atoms with E-state index in [0.29, 0.717) is 0 Å². The van der Waals surface area contributed by atoms with Crippen LogP contribution in [0.3, 0.4) is 0 Å². The standard InChI is InChI=1S/C54H38N2/c1-4-15-39(16-5-1)41-29-33-47(34-30-41)55(48-35-31-42(32-36-48)40-17-6-2-7-18-40)49-24-13-20-44(38-49)43-19-12-21-45(37-43)50-26-14-28-53-54(50)51-25-10-11-27-52(51)56(53)46-22-8-3-9-23-46/h1-38H. The van der Waals surface area contributed by atoms with Crippen molar-refractivity contribution < 1.29 is 0 Å². The minimum Gasteiger partial charge on any atom is -0.310 e. The van der Waals surface area contributed by atoms with E-state index in [4.69, 9.17) is 0 Å². The van der Waals surface area contributed by atoms with E-state index in [1.165, 1.54) is 60.8 Å². The summed E-state index contributed by atoms with van der Waals surface area (Å²) in [4.78, 5) is 2.36. The molecule has 2 heteroatoms. The minimum atomic E-state index is 1.10. The quantitative estimate of drug-likeness (QED) is 0.152. The Balaban J connectivity index is 1.07. The number of anilines is 3. The predicted octanol–water partition coefficient (Wildman–Crippen LogP) is 14.9. The zero-order chi connectivity index (χ0) is 37.3. The number of fused-ring (bicyclic) bond motifs is 3. The molecular formula is C54H38N2. The second-order valence-corrected chi connectivity index (χ2v) is 14.2. The highest BCUT2D eigenvalue weighted by Crippen LogP contribution is 2.41. The first-order valence-corrected chi connectivity index (χ1v) is 19.2. The molecule has 56 heavy (non-hydrogen) atoms. The first kappa shape index (κ1) is 33.2. The summed E-state index contributed by atoms with van der Waals surface area (Å²) in [5, 5.41) is 2.52. The van der Waals surface area contributed by atoms with E-state index >= 15 is 0 Å². The molecule has 0 aliphatic carbocycles. The molecule has 264 valence electrons. The van der Waals surface area contributed by atoms with E-state index in [-0.39, 0.29) is 0 Å². The van der Waals surface area contributed by atoms with Crippen LogP contribution in [0.2, 0.25) is 0 Å². The molecule has 0 fully saturated rings. The Morgan fingerprint density at radius 2 is 0.750 bits per heavy atom. The lowest BCUT2D eigenvalue weighted by atomic mass is 9.95. The lowest BCUT2D eigenvalue weighted by molar-refractivity contribution is 1.18. The summed E-state index contributed by atoms with van der Waals surface area (Å²) < 4.78 is 2.38. The Labute approximate surface area is 327 Å². The third-order valence-electron chi connectivity index (χ3n) is 10.8. The molecule has 1 heterocycles. The van der Waals surface area contributed by atoms with E-state index < -0.39 is 0 Å². The van der Waals surface area contributed by atoms with Crippen molar-refractivity contribution in [3.8, 4) is 50.2 Å². The minimum absolute atomic E-state index is 1.10. The molecule has 0 saturated carbocycles. The third-order valence-corrected chi connectivity index (χ3v) is 10.8. The van der Waals surface area contributed by atoms with Crippen molar-refractivity contribution in [1.82, 2.24) is 4.57 Å². The molecule has 1 aromatic heterocycles. The fourth-order valence-electron chi connectivity index (χ4n) is 8.12. The molecule has 10 aromatic rings. The molecule has 0 amide bonds. The predicted molar refractivity (Wildman–Crippen MR) is 237 cm³/mol. The van der Waals surface area contributed by atoms with Crippen LogP contribution in [0.15, 0.2) is 231 Å². The van der Waals surface area contributed by atoms with Gasteiger partial charge in [0, 0.05) is 33.5 Å². The van der Waals surface area contributed by atoms with Gasteiger partial charge in [-0.1, -0.05) is 164 Å². The third kappa shape index (κ3) is 6.14. The largest absolute Gasteiger partial charge is 0.310 e. The summed E-state index contributed by atoms with van der Waals surface area (Å²) in [6.45, 7) is 0. The molecule has 9 aromatic carbocycles. The van der Waals surface area contributed by atoms with Crippen LogP contribution in [-0.2, 0) is 0 Å². The highest BCUT2D eigenvalue weighted by atomic mass is 15.1. The Bertz CT molecular complexity index is 2840. The van der Waals surface area contributed by atoms with Gasteiger partial charge in [-0.15, -0.1) is 0 Å². The average molecular weight is 715 g/mol. The normalized spacial score (nSPS) is 11.2. The molecule has 0 saturated heterocycles. The van der Waals surface area contributed by atoms with Gasteiger partial charge in [-0.3, -0.25) is 0 Å². The van der Waals surface area contributed by atoms with E-state index in [9.17, 15) is 0 Å². The van der Waals surface area contributed by atoms with Crippen molar-refractivity contribution >= 4 is 38.9 Å². The second-order valence-electron chi connectivity index (χ2n) is 14.2. The number of rotatable bonds is 8. The fourth-order valence-corrected chi connectivity index (χ4v) is 8.12. The second kappa shape index (κ2) is 14.4. The van der Waals surface area contributed by atoms with Gasteiger partial charge < -0.3 is 9.47 Å². The van der Waals surface area contributed by atoms with Crippen LogP contribution in [0.25, 0.3) is 72.0 Å². The fraction of sp³-hybridized carbons (Fsp3) is 0. The molecule has 0 radical (unpaired) electrons.